The molecule has 19 heavy (non-hydrogen) atoms. The van der Waals surface area contributed by atoms with Crippen molar-refractivity contribution >= 4 is 7.82 Å². The predicted octanol–water partition coefficient (Wildman–Crippen LogP) is 3.84. The molecule has 0 atom stereocenters. The van der Waals surface area contributed by atoms with Gasteiger partial charge in [-0.1, -0.05) is 44.9 Å². The third-order valence-corrected chi connectivity index (χ3v) is 3.41. The zero-order valence-electron chi connectivity index (χ0n) is 11.6. The van der Waals surface area contributed by atoms with Crippen LogP contribution in [0.3, 0.4) is 0 Å². The molecule has 0 aromatic heterocycles. The molecule has 5 heteroatoms. The molecular formula is C14H23O4P. The van der Waals surface area contributed by atoms with E-state index in [1.165, 1.54) is 0 Å². The number of rotatable bonds is 8. The molecule has 0 radical (unpaired) electrons. The number of aryl methyl sites for hydroxylation is 2. The number of hydrogen-bond donors (Lipinski definition) is 2. The zero-order chi connectivity index (χ0) is 14.3. The normalized spacial score (nSPS) is 11.6. The van der Waals surface area contributed by atoms with Gasteiger partial charge in [-0.15, -0.1) is 0 Å². The minimum atomic E-state index is -4.51. The summed E-state index contributed by atoms with van der Waals surface area (Å²) in [7, 11) is -4.51. The van der Waals surface area contributed by atoms with E-state index in [-0.39, 0.29) is 0 Å². The van der Waals surface area contributed by atoms with E-state index in [1.54, 1.807) is 0 Å². The van der Waals surface area contributed by atoms with Crippen molar-refractivity contribution in [3.05, 3.63) is 29.3 Å². The molecule has 0 heterocycles. The van der Waals surface area contributed by atoms with Crippen LogP contribution < -0.4 is 4.52 Å². The molecular weight excluding hydrogens is 263 g/mol. The Hall–Kier alpha value is -0.830. The molecule has 0 unspecified atom stereocenters. The number of benzene rings is 1. The Morgan fingerprint density at radius 1 is 1.05 bits per heavy atom. The van der Waals surface area contributed by atoms with Crippen LogP contribution in [0.4, 0.5) is 0 Å². The molecule has 1 rings (SSSR count). The van der Waals surface area contributed by atoms with Crippen LogP contribution in [0.25, 0.3) is 0 Å². The molecule has 1 aromatic carbocycles. The van der Waals surface area contributed by atoms with Crippen LogP contribution in [-0.2, 0) is 17.4 Å². The summed E-state index contributed by atoms with van der Waals surface area (Å²) < 4.78 is 16.0. The quantitative estimate of drug-likeness (QED) is 0.712. The van der Waals surface area contributed by atoms with Gasteiger partial charge >= 0.3 is 7.82 Å². The summed E-state index contributed by atoms with van der Waals surface area (Å²) in [5.74, 6) is 0.387. The van der Waals surface area contributed by atoms with E-state index in [9.17, 15) is 4.57 Å². The van der Waals surface area contributed by atoms with Crippen molar-refractivity contribution in [1.82, 2.24) is 0 Å². The maximum Gasteiger partial charge on any atom is 0.524 e. The van der Waals surface area contributed by atoms with Crippen LogP contribution in [0.15, 0.2) is 18.2 Å². The monoisotopic (exact) mass is 286 g/mol. The van der Waals surface area contributed by atoms with Gasteiger partial charge < -0.3 is 4.52 Å². The molecule has 0 saturated carbocycles. The predicted molar refractivity (Wildman–Crippen MR) is 76.3 cm³/mol. The van der Waals surface area contributed by atoms with Gasteiger partial charge in [0, 0.05) is 0 Å². The van der Waals surface area contributed by atoms with E-state index in [4.69, 9.17) is 14.3 Å². The maximum atomic E-state index is 11.1. The van der Waals surface area contributed by atoms with Gasteiger partial charge in [-0.25, -0.2) is 4.57 Å². The minimum absolute atomic E-state index is 0.387. The Kier molecular flexibility index (Phi) is 6.56. The first kappa shape index (κ1) is 16.2. The van der Waals surface area contributed by atoms with Crippen molar-refractivity contribution in [2.24, 2.45) is 0 Å². The fourth-order valence-corrected chi connectivity index (χ4v) is 2.47. The van der Waals surface area contributed by atoms with Gasteiger partial charge in [0.15, 0.2) is 0 Å². The van der Waals surface area contributed by atoms with Gasteiger partial charge in [0.05, 0.1) is 0 Å². The molecule has 0 bridgehead atoms. The third-order valence-electron chi connectivity index (χ3n) is 2.99. The minimum Gasteiger partial charge on any atom is -0.404 e. The van der Waals surface area contributed by atoms with E-state index in [0.717, 1.165) is 49.7 Å². The largest absolute Gasteiger partial charge is 0.524 e. The van der Waals surface area contributed by atoms with E-state index in [0.29, 0.717) is 5.75 Å². The van der Waals surface area contributed by atoms with Crippen LogP contribution in [0.1, 0.15) is 50.7 Å². The number of hydrogen-bond acceptors (Lipinski definition) is 2. The Bertz CT molecular complexity index is 413. The number of phosphoric ester groups is 1. The van der Waals surface area contributed by atoms with Crippen molar-refractivity contribution in [1.29, 1.82) is 0 Å². The van der Waals surface area contributed by atoms with E-state index >= 15 is 0 Å². The van der Waals surface area contributed by atoms with Crippen LogP contribution in [0.5, 0.6) is 5.75 Å². The SMILES string of the molecule is CCCCc1cccc(CCCC)c1OP(=O)(O)O. The van der Waals surface area contributed by atoms with Gasteiger partial charge in [0.25, 0.3) is 0 Å². The fourth-order valence-electron chi connectivity index (χ4n) is 2.00. The van der Waals surface area contributed by atoms with Crippen molar-refractivity contribution in [2.45, 2.75) is 52.4 Å². The summed E-state index contributed by atoms with van der Waals surface area (Å²) in [6.45, 7) is 4.18. The summed E-state index contributed by atoms with van der Waals surface area (Å²) in [6, 6.07) is 5.70. The van der Waals surface area contributed by atoms with E-state index in [2.05, 4.69) is 13.8 Å². The molecule has 108 valence electrons. The average Bonchev–Trinajstić information content (AvgIpc) is 2.34. The third kappa shape index (κ3) is 5.77. The molecule has 0 amide bonds. The van der Waals surface area contributed by atoms with Gasteiger partial charge in [-0.05, 0) is 36.8 Å². The molecule has 4 nitrogen and oxygen atoms in total. The molecule has 0 fully saturated rings. The van der Waals surface area contributed by atoms with Gasteiger partial charge in [0.1, 0.15) is 5.75 Å². The van der Waals surface area contributed by atoms with Gasteiger partial charge in [-0.2, -0.15) is 0 Å². The lowest BCUT2D eigenvalue weighted by atomic mass is 10.0. The highest BCUT2D eigenvalue weighted by Gasteiger charge is 2.20. The Balaban J connectivity index is 3.04. The molecule has 1 aromatic rings. The second kappa shape index (κ2) is 7.68. The second-order valence-electron chi connectivity index (χ2n) is 4.69. The molecule has 0 aliphatic carbocycles. The van der Waals surface area contributed by atoms with Crippen LogP contribution in [0.2, 0.25) is 0 Å². The summed E-state index contributed by atoms with van der Waals surface area (Å²) >= 11 is 0. The molecule has 0 aliphatic rings. The van der Waals surface area contributed by atoms with Gasteiger partial charge in [0.2, 0.25) is 0 Å². The van der Waals surface area contributed by atoms with E-state index in [1.807, 2.05) is 18.2 Å². The summed E-state index contributed by atoms with van der Waals surface area (Å²) in [5, 5.41) is 0. The molecule has 0 spiro atoms. The summed E-state index contributed by atoms with van der Waals surface area (Å²) in [4.78, 5) is 18.1. The number of para-hydroxylation sites is 1. The smallest absolute Gasteiger partial charge is 0.404 e. The number of phosphoric acid groups is 1. The Morgan fingerprint density at radius 3 is 1.89 bits per heavy atom. The van der Waals surface area contributed by atoms with E-state index < -0.39 is 7.82 Å². The van der Waals surface area contributed by atoms with Crippen molar-refractivity contribution in [2.75, 3.05) is 0 Å². The van der Waals surface area contributed by atoms with Crippen molar-refractivity contribution < 1.29 is 18.9 Å². The Morgan fingerprint density at radius 2 is 1.53 bits per heavy atom. The molecule has 0 saturated heterocycles. The Labute approximate surface area is 115 Å². The highest BCUT2D eigenvalue weighted by atomic mass is 31.2. The second-order valence-corrected chi connectivity index (χ2v) is 5.86. The summed E-state index contributed by atoms with van der Waals surface area (Å²) in [6.07, 6.45) is 5.60. The molecule has 0 aliphatic heterocycles. The highest BCUT2D eigenvalue weighted by molar-refractivity contribution is 7.46. The lowest BCUT2D eigenvalue weighted by Gasteiger charge is -2.16. The average molecular weight is 286 g/mol. The van der Waals surface area contributed by atoms with Crippen LogP contribution in [-0.4, -0.2) is 9.79 Å². The lowest BCUT2D eigenvalue weighted by Crippen LogP contribution is -2.00. The first-order chi connectivity index (χ1) is 8.98. The van der Waals surface area contributed by atoms with Crippen LogP contribution >= 0.6 is 7.82 Å². The number of unbranched alkanes of at least 4 members (excludes halogenated alkanes) is 2. The topological polar surface area (TPSA) is 66.8 Å². The first-order valence-corrected chi connectivity index (χ1v) is 8.36. The summed E-state index contributed by atoms with van der Waals surface area (Å²) in [5.41, 5.74) is 1.78. The molecule has 2 N–H and O–H groups in total. The van der Waals surface area contributed by atoms with Crippen molar-refractivity contribution in [3.63, 3.8) is 0 Å². The maximum absolute atomic E-state index is 11.1. The van der Waals surface area contributed by atoms with Gasteiger partial charge in [-0.3, -0.25) is 9.79 Å². The first-order valence-electron chi connectivity index (χ1n) is 6.83. The lowest BCUT2D eigenvalue weighted by molar-refractivity contribution is 0.281. The van der Waals surface area contributed by atoms with Crippen molar-refractivity contribution in [3.8, 4) is 5.75 Å². The standard InChI is InChI=1S/C14H23O4P/c1-3-5-8-12-10-7-11-13(9-6-4-2)14(12)18-19(15,16)17/h7,10-11H,3-6,8-9H2,1-2H3,(H2,15,16,17). The zero-order valence-corrected chi connectivity index (χ0v) is 12.5. The fraction of sp³-hybridized carbons (Fsp3) is 0.571. The van der Waals surface area contributed by atoms with Crippen LogP contribution in [0, 0.1) is 0 Å². The highest BCUT2D eigenvalue weighted by Crippen LogP contribution is 2.41.